The largest absolute Gasteiger partial charge is 0.501 e. The molecular formula is C29H23F4N3O7S. The van der Waals surface area contributed by atoms with E-state index < -0.39 is 55.8 Å². The van der Waals surface area contributed by atoms with Crippen LogP contribution in [0.2, 0.25) is 0 Å². The van der Waals surface area contributed by atoms with Crippen molar-refractivity contribution in [1.82, 2.24) is 10.3 Å². The van der Waals surface area contributed by atoms with Crippen LogP contribution in [0.15, 0.2) is 71.6 Å². The average molecular weight is 634 g/mol. The summed E-state index contributed by atoms with van der Waals surface area (Å²) in [5.74, 6) is -5.19. The van der Waals surface area contributed by atoms with E-state index in [2.05, 4.69) is 15.6 Å². The van der Waals surface area contributed by atoms with E-state index in [9.17, 15) is 41.1 Å². The molecule has 4 atom stereocenters. The second-order valence-electron chi connectivity index (χ2n) is 10.2. The lowest BCUT2D eigenvalue weighted by molar-refractivity contribution is -0.121. The second-order valence-corrected chi connectivity index (χ2v) is 12.1. The molecule has 2 amide bonds. The van der Waals surface area contributed by atoms with Crippen molar-refractivity contribution >= 4 is 33.3 Å². The number of aromatic nitrogens is 1. The number of fused-ring (bicyclic) bond motifs is 2. The molecular weight excluding hydrogens is 610 g/mol. The van der Waals surface area contributed by atoms with Gasteiger partial charge in [-0.15, -0.1) is 0 Å². The van der Waals surface area contributed by atoms with E-state index >= 15 is 4.39 Å². The van der Waals surface area contributed by atoms with Gasteiger partial charge < -0.3 is 20.5 Å². The van der Waals surface area contributed by atoms with Gasteiger partial charge in [-0.05, 0) is 54.7 Å². The SMILES string of the molecule is COc1cc(F)c(-c2cccc(C(=O)O)n2)cc1C(=O)N[C@@H]1[C@H](C(=O)Nc2cccc(S(=O)(=O)C(F)(F)F)c2)[C@H]2C=C[C@@H]1C2. The number of rotatable bonds is 8. The van der Waals surface area contributed by atoms with Crippen LogP contribution < -0.4 is 15.4 Å². The van der Waals surface area contributed by atoms with Crippen LogP contribution in [0.1, 0.15) is 27.3 Å². The summed E-state index contributed by atoms with van der Waals surface area (Å²) in [4.78, 5) is 41.2. The first-order valence-electron chi connectivity index (χ1n) is 13.0. The van der Waals surface area contributed by atoms with E-state index in [0.717, 1.165) is 24.3 Å². The van der Waals surface area contributed by atoms with Crippen molar-refractivity contribution in [2.75, 3.05) is 12.4 Å². The number of aromatic carboxylic acids is 1. The molecule has 0 radical (unpaired) electrons. The highest BCUT2D eigenvalue weighted by molar-refractivity contribution is 7.92. The number of halogens is 4. The number of hydrogen-bond donors (Lipinski definition) is 3. The molecule has 15 heteroatoms. The molecule has 0 unspecified atom stereocenters. The van der Waals surface area contributed by atoms with Crippen LogP contribution in [0, 0.1) is 23.6 Å². The third kappa shape index (κ3) is 5.62. The first-order chi connectivity index (χ1) is 20.7. The normalized spacial score (nSPS) is 20.8. The lowest BCUT2D eigenvalue weighted by atomic mass is 9.87. The molecule has 0 spiro atoms. The van der Waals surface area contributed by atoms with Gasteiger partial charge in [-0.2, -0.15) is 13.2 Å². The van der Waals surface area contributed by atoms with Gasteiger partial charge in [0.15, 0.2) is 0 Å². The minimum absolute atomic E-state index is 0.0472. The highest BCUT2D eigenvalue weighted by atomic mass is 32.2. The zero-order valence-electron chi connectivity index (χ0n) is 22.6. The lowest BCUT2D eigenvalue weighted by Crippen LogP contribution is -2.47. The van der Waals surface area contributed by atoms with Crippen molar-refractivity contribution in [2.24, 2.45) is 17.8 Å². The predicted octanol–water partition coefficient (Wildman–Crippen LogP) is 4.45. The number of ether oxygens (including phenoxy) is 1. The number of nitrogens with zero attached hydrogens (tertiary/aromatic N) is 1. The van der Waals surface area contributed by atoms with E-state index in [0.29, 0.717) is 12.5 Å². The summed E-state index contributed by atoms with van der Waals surface area (Å²) >= 11 is 0. The van der Waals surface area contributed by atoms with Gasteiger partial charge in [-0.25, -0.2) is 22.6 Å². The number of allylic oxidation sites excluding steroid dienone is 1. The highest BCUT2D eigenvalue weighted by Gasteiger charge is 2.49. The Morgan fingerprint density at radius 2 is 1.73 bits per heavy atom. The molecule has 230 valence electrons. The number of anilines is 1. The van der Waals surface area contributed by atoms with Crippen LogP contribution in [0.25, 0.3) is 11.3 Å². The zero-order chi connectivity index (χ0) is 32.0. The van der Waals surface area contributed by atoms with Crippen molar-refractivity contribution in [3.63, 3.8) is 0 Å². The summed E-state index contributed by atoms with van der Waals surface area (Å²) in [5.41, 5.74) is -6.39. The minimum Gasteiger partial charge on any atom is -0.496 e. The van der Waals surface area contributed by atoms with Gasteiger partial charge in [-0.3, -0.25) is 9.59 Å². The average Bonchev–Trinajstić information content (AvgIpc) is 3.58. The topological polar surface area (TPSA) is 152 Å². The van der Waals surface area contributed by atoms with Crippen LogP contribution >= 0.6 is 0 Å². The Morgan fingerprint density at radius 1 is 1.02 bits per heavy atom. The Bertz CT molecular complexity index is 1810. The summed E-state index contributed by atoms with van der Waals surface area (Å²) < 4.78 is 83.0. The fourth-order valence-electron chi connectivity index (χ4n) is 5.51. The molecule has 2 aliphatic rings. The van der Waals surface area contributed by atoms with E-state index in [1.165, 1.54) is 31.4 Å². The number of hydrogen-bond acceptors (Lipinski definition) is 7. The van der Waals surface area contributed by atoms with Crippen LogP contribution in [-0.2, 0) is 14.6 Å². The third-order valence-corrected chi connectivity index (χ3v) is 9.04. The van der Waals surface area contributed by atoms with Crippen LogP contribution in [0.4, 0.5) is 23.2 Å². The fraction of sp³-hybridized carbons (Fsp3) is 0.241. The molecule has 0 aliphatic heterocycles. The van der Waals surface area contributed by atoms with Crippen molar-refractivity contribution in [3.05, 3.63) is 83.8 Å². The van der Waals surface area contributed by atoms with E-state index in [-0.39, 0.29) is 45.8 Å². The number of amides is 2. The minimum atomic E-state index is -5.65. The van der Waals surface area contributed by atoms with E-state index in [1.54, 1.807) is 6.08 Å². The van der Waals surface area contributed by atoms with Gasteiger partial charge in [0.05, 0.1) is 29.2 Å². The molecule has 5 rings (SSSR count). The molecule has 1 aromatic heterocycles. The molecule has 2 aromatic carbocycles. The summed E-state index contributed by atoms with van der Waals surface area (Å²) in [6, 6.07) is 9.05. The summed E-state index contributed by atoms with van der Waals surface area (Å²) in [6.45, 7) is 0. The molecule has 2 bridgehead atoms. The maximum Gasteiger partial charge on any atom is 0.501 e. The van der Waals surface area contributed by atoms with Gasteiger partial charge in [0.1, 0.15) is 17.3 Å². The molecule has 3 N–H and O–H groups in total. The van der Waals surface area contributed by atoms with Gasteiger partial charge in [0, 0.05) is 23.4 Å². The molecule has 10 nitrogen and oxygen atoms in total. The molecule has 44 heavy (non-hydrogen) atoms. The van der Waals surface area contributed by atoms with Crippen molar-refractivity contribution < 1.29 is 50.2 Å². The number of carbonyl (C=O) groups excluding carboxylic acids is 2. The number of carboxylic acid groups (broad SMARTS) is 1. The van der Waals surface area contributed by atoms with Gasteiger partial charge in [0.25, 0.3) is 15.7 Å². The van der Waals surface area contributed by atoms with Crippen LogP contribution in [-0.4, -0.2) is 55.0 Å². The van der Waals surface area contributed by atoms with Crippen molar-refractivity contribution in [2.45, 2.75) is 22.9 Å². The first kappa shape index (κ1) is 30.7. The van der Waals surface area contributed by atoms with Crippen LogP contribution in [0.5, 0.6) is 5.75 Å². The quantitative estimate of drug-likeness (QED) is 0.243. The predicted molar refractivity (Wildman–Crippen MR) is 147 cm³/mol. The molecule has 2 aliphatic carbocycles. The Hall–Kier alpha value is -4.79. The van der Waals surface area contributed by atoms with E-state index in [1.807, 2.05) is 6.08 Å². The summed E-state index contributed by atoms with van der Waals surface area (Å²) in [7, 11) is -4.43. The molecule has 0 saturated heterocycles. The zero-order valence-corrected chi connectivity index (χ0v) is 23.4. The van der Waals surface area contributed by atoms with E-state index in [4.69, 9.17) is 4.74 Å². The third-order valence-electron chi connectivity index (χ3n) is 7.55. The van der Waals surface area contributed by atoms with Crippen molar-refractivity contribution in [3.8, 4) is 17.0 Å². The standard InChI is InChI=1S/C29H23F4N3O7S/c1-43-23-13-20(30)18(21-6-3-7-22(35-21)28(39)40)12-19(23)26(37)36-25-15-9-8-14(10-15)24(25)27(38)34-16-4-2-5-17(11-16)44(41,42)29(31,32)33/h2-9,11-15,24-25H,10H2,1H3,(H,34,38)(H,36,37)(H,39,40)/t14-,15+,24+,25-/m0/s1. The highest BCUT2D eigenvalue weighted by Crippen LogP contribution is 2.45. The summed E-state index contributed by atoms with van der Waals surface area (Å²) in [6.07, 6.45) is 4.10. The molecule has 1 fully saturated rings. The maximum absolute atomic E-state index is 15.0. The number of sulfone groups is 1. The monoisotopic (exact) mass is 633 g/mol. The Balaban J connectivity index is 1.41. The van der Waals surface area contributed by atoms with Gasteiger partial charge >= 0.3 is 11.5 Å². The number of methoxy groups -OCH3 is 1. The number of alkyl halides is 3. The second kappa shape index (κ2) is 11.4. The number of carboxylic acids is 1. The fourth-order valence-corrected chi connectivity index (χ4v) is 6.31. The molecule has 3 aromatic rings. The summed E-state index contributed by atoms with van der Waals surface area (Å²) in [5, 5.41) is 14.5. The Morgan fingerprint density at radius 3 is 2.41 bits per heavy atom. The molecule has 1 saturated carbocycles. The van der Waals surface area contributed by atoms with Crippen molar-refractivity contribution in [1.29, 1.82) is 0 Å². The Labute approximate surface area is 247 Å². The van der Waals surface area contributed by atoms with Gasteiger partial charge in [-0.1, -0.05) is 24.3 Å². The van der Waals surface area contributed by atoms with Crippen LogP contribution in [0.3, 0.4) is 0 Å². The lowest BCUT2D eigenvalue weighted by Gasteiger charge is -2.28. The Kier molecular flexibility index (Phi) is 7.92. The van der Waals surface area contributed by atoms with Gasteiger partial charge in [0.2, 0.25) is 5.91 Å². The smallest absolute Gasteiger partial charge is 0.496 e. The molecule has 1 heterocycles. The number of carbonyl (C=O) groups is 3. The number of pyridine rings is 1. The maximum atomic E-state index is 15.0. The number of benzene rings is 2. The number of nitrogens with one attached hydrogen (secondary N) is 2. The first-order valence-corrected chi connectivity index (χ1v) is 14.5.